The number of nitrogens with zero attached hydrogens (tertiary/aromatic N) is 2. The molecule has 0 saturated heterocycles. The van der Waals surface area contributed by atoms with Crippen LogP contribution in [0.5, 0.6) is 0 Å². The van der Waals surface area contributed by atoms with Crippen molar-refractivity contribution < 1.29 is 18.1 Å². The summed E-state index contributed by atoms with van der Waals surface area (Å²) >= 11 is 2.66. The van der Waals surface area contributed by atoms with Crippen molar-refractivity contribution in [3.63, 3.8) is 0 Å². The molecule has 0 spiro atoms. The lowest BCUT2D eigenvalue weighted by Crippen LogP contribution is -2.08. The number of halogens is 4. The van der Waals surface area contributed by atoms with Gasteiger partial charge in [-0.1, -0.05) is 0 Å². The fourth-order valence-electron chi connectivity index (χ4n) is 0.713. The highest BCUT2D eigenvalue weighted by Gasteiger charge is 2.33. The molecule has 0 radical (unpaired) electrons. The molecular weight excluding hydrogens is 269 g/mol. The second-order valence-electron chi connectivity index (χ2n) is 2.28. The first kappa shape index (κ1) is 10.9. The predicted octanol–water partition coefficient (Wildman–Crippen LogP) is 2.77. The summed E-state index contributed by atoms with van der Waals surface area (Å²) in [5.41, 5.74) is -1.67. The summed E-state index contributed by atoms with van der Waals surface area (Å²) in [7, 11) is 0. The number of hydrogen-bond acceptors (Lipinski definition) is 3. The van der Waals surface area contributed by atoms with E-state index in [1.165, 1.54) is 0 Å². The van der Waals surface area contributed by atoms with Gasteiger partial charge in [0.2, 0.25) is 0 Å². The summed E-state index contributed by atoms with van der Waals surface area (Å²) in [5, 5.41) is 10.2. The van der Waals surface area contributed by atoms with Crippen molar-refractivity contribution in [1.82, 2.24) is 4.98 Å². The van der Waals surface area contributed by atoms with E-state index in [4.69, 9.17) is 0 Å². The summed E-state index contributed by atoms with van der Waals surface area (Å²) in [4.78, 5) is 12.4. The Bertz CT molecular complexity index is 380. The van der Waals surface area contributed by atoms with Crippen molar-refractivity contribution in [2.75, 3.05) is 0 Å². The molecule has 1 rings (SSSR count). The fraction of sp³-hybridized carbons (Fsp3) is 0.167. The topological polar surface area (TPSA) is 56.0 Å². The summed E-state index contributed by atoms with van der Waals surface area (Å²) in [6.45, 7) is 0. The average molecular weight is 271 g/mol. The quantitative estimate of drug-likeness (QED) is 0.582. The van der Waals surface area contributed by atoms with Crippen LogP contribution in [0.4, 0.5) is 18.9 Å². The Balaban J connectivity index is 3.20. The van der Waals surface area contributed by atoms with Crippen molar-refractivity contribution >= 4 is 21.6 Å². The third-order valence-electron chi connectivity index (χ3n) is 1.32. The molecule has 0 fully saturated rings. The highest BCUT2D eigenvalue weighted by atomic mass is 79.9. The van der Waals surface area contributed by atoms with Gasteiger partial charge in [0, 0.05) is 0 Å². The molecule has 8 heteroatoms. The molecular formula is C6H2BrF3N2O2. The van der Waals surface area contributed by atoms with Crippen LogP contribution in [-0.2, 0) is 6.18 Å². The highest BCUT2D eigenvalue weighted by molar-refractivity contribution is 9.10. The minimum absolute atomic E-state index is 0.246. The van der Waals surface area contributed by atoms with Gasteiger partial charge in [-0.05, 0) is 22.0 Å². The zero-order chi connectivity index (χ0) is 10.9. The first-order valence-corrected chi connectivity index (χ1v) is 3.99. The highest BCUT2D eigenvalue weighted by Crippen LogP contribution is 2.32. The van der Waals surface area contributed by atoms with E-state index in [2.05, 4.69) is 20.9 Å². The minimum atomic E-state index is -4.60. The summed E-state index contributed by atoms with van der Waals surface area (Å²) < 4.78 is 35.9. The molecule has 0 saturated carbocycles. The van der Waals surface area contributed by atoms with E-state index >= 15 is 0 Å². The summed E-state index contributed by atoms with van der Waals surface area (Å²) in [5.74, 6) is 0. The normalized spacial score (nSPS) is 11.4. The number of aromatic nitrogens is 1. The zero-order valence-electron chi connectivity index (χ0n) is 6.38. The van der Waals surface area contributed by atoms with E-state index in [0.29, 0.717) is 12.3 Å². The predicted molar refractivity (Wildman–Crippen MR) is 43.6 cm³/mol. The number of rotatable bonds is 1. The molecule has 76 valence electrons. The third-order valence-corrected chi connectivity index (χ3v) is 1.96. The lowest BCUT2D eigenvalue weighted by molar-refractivity contribution is -0.386. The Morgan fingerprint density at radius 2 is 2.07 bits per heavy atom. The number of nitro groups is 1. The van der Waals surface area contributed by atoms with Gasteiger partial charge in [-0.2, -0.15) is 13.2 Å². The molecule has 0 aliphatic rings. The SMILES string of the molecule is O=[N+]([O-])c1cnc(C(F)(F)F)cc1Br. The van der Waals surface area contributed by atoms with Gasteiger partial charge >= 0.3 is 11.9 Å². The van der Waals surface area contributed by atoms with Crippen LogP contribution >= 0.6 is 15.9 Å². The molecule has 1 aromatic rings. The second kappa shape index (κ2) is 3.52. The third kappa shape index (κ3) is 2.19. The Morgan fingerprint density at radius 1 is 1.50 bits per heavy atom. The molecule has 0 aliphatic heterocycles. The van der Waals surface area contributed by atoms with E-state index < -0.39 is 22.5 Å². The van der Waals surface area contributed by atoms with Gasteiger partial charge in [0.1, 0.15) is 11.9 Å². The van der Waals surface area contributed by atoms with Crippen LogP contribution in [0.2, 0.25) is 0 Å². The van der Waals surface area contributed by atoms with Gasteiger partial charge in [-0.3, -0.25) is 10.1 Å². The van der Waals surface area contributed by atoms with Gasteiger partial charge in [0.25, 0.3) is 0 Å². The van der Waals surface area contributed by atoms with E-state index in [-0.39, 0.29) is 4.47 Å². The van der Waals surface area contributed by atoms with Crippen molar-refractivity contribution in [2.45, 2.75) is 6.18 Å². The summed E-state index contributed by atoms with van der Waals surface area (Å²) in [6, 6.07) is 0.568. The minimum Gasteiger partial charge on any atom is -0.258 e. The maximum atomic E-state index is 12.0. The molecule has 0 atom stereocenters. The monoisotopic (exact) mass is 270 g/mol. The first-order valence-electron chi connectivity index (χ1n) is 3.19. The first-order chi connectivity index (χ1) is 6.32. The van der Waals surface area contributed by atoms with Crippen LogP contribution < -0.4 is 0 Å². The smallest absolute Gasteiger partial charge is 0.258 e. The molecule has 1 heterocycles. The maximum Gasteiger partial charge on any atom is 0.433 e. The molecule has 0 bridgehead atoms. The number of hydrogen-bond donors (Lipinski definition) is 0. The van der Waals surface area contributed by atoms with Gasteiger partial charge in [0.15, 0.2) is 0 Å². The lowest BCUT2D eigenvalue weighted by atomic mass is 10.3. The molecule has 14 heavy (non-hydrogen) atoms. The van der Waals surface area contributed by atoms with Gasteiger partial charge in [-0.25, -0.2) is 4.98 Å². The van der Waals surface area contributed by atoms with Crippen LogP contribution in [-0.4, -0.2) is 9.91 Å². The van der Waals surface area contributed by atoms with Crippen molar-refractivity contribution in [1.29, 1.82) is 0 Å². The van der Waals surface area contributed by atoms with Crippen LogP contribution in [0.1, 0.15) is 5.69 Å². The summed E-state index contributed by atoms with van der Waals surface area (Å²) in [6.07, 6.45) is -4.04. The van der Waals surface area contributed by atoms with E-state index in [1.54, 1.807) is 0 Å². The van der Waals surface area contributed by atoms with E-state index in [0.717, 1.165) is 0 Å². The van der Waals surface area contributed by atoms with Crippen molar-refractivity contribution in [3.05, 3.63) is 32.5 Å². The van der Waals surface area contributed by atoms with Gasteiger partial charge < -0.3 is 0 Å². The van der Waals surface area contributed by atoms with Crippen LogP contribution in [0.3, 0.4) is 0 Å². The maximum absolute atomic E-state index is 12.0. The molecule has 0 amide bonds. The molecule has 1 aromatic heterocycles. The van der Waals surface area contributed by atoms with E-state index in [9.17, 15) is 23.3 Å². The Kier molecular flexibility index (Phi) is 2.74. The molecule has 0 N–H and O–H groups in total. The zero-order valence-corrected chi connectivity index (χ0v) is 7.96. The van der Waals surface area contributed by atoms with Crippen LogP contribution in [0.15, 0.2) is 16.7 Å². The van der Waals surface area contributed by atoms with Gasteiger partial charge in [-0.15, -0.1) is 0 Å². The Morgan fingerprint density at radius 3 is 2.43 bits per heavy atom. The standard InChI is InChI=1S/C6H2BrF3N2O2/c7-3-1-5(6(8,9)10)11-2-4(3)12(13)14/h1-2H. The van der Waals surface area contributed by atoms with E-state index in [1.807, 2.05) is 0 Å². The average Bonchev–Trinajstić information content (AvgIpc) is 2.01. The lowest BCUT2D eigenvalue weighted by Gasteiger charge is -2.04. The molecule has 0 aliphatic carbocycles. The molecule has 0 unspecified atom stereocenters. The van der Waals surface area contributed by atoms with Crippen LogP contribution in [0.25, 0.3) is 0 Å². The Hall–Kier alpha value is -1.18. The molecule has 0 aromatic carbocycles. The Labute approximate surface area is 84.0 Å². The number of alkyl halides is 3. The molecule has 4 nitrogen and oxygen atoms in total. The van der Waals surface area contributed by atoms with Gasteiger partial charge in [0.05, 0.1) is 9.40 Å². The largest absolute Gasteiger partial charge is 0.433 e. The second-order valence-corrected chi connectivity index (χ2v) is 3.13. The van der Waals surface area contributed by atoms with Crippen molar-refractivity contribution in [3.8, 4) is 0 Å². The van der Waals surface area contributed by atoms with Crippen molar-refractivity contribution in [2.24, 2.45) is 0 Å². The number of pyridine rings is 1. The fourth-order valence-corrected chi connectivity index (χ4v) is 1.18. The van der Waals surface area contributed by atoms with Crippen LogP contribution in [0, 0.1) is 10.1 Å².